The van der Waals surface area contributed by atoms with Crippen LogP contribution in [0, 0.1) is 0 Å². The molecule has 0 spiro atoms. The molecule has 0 bridgehead atoms. The average Bonchev–Trinajstić information content (AvgIpc) is 2.67. The highest BCUT2D eigenvalue weighted by atomic mass is 32.2. The van der Waals surface area contributed by atoms with E-state index in [2.05, 4.69) is 5.32 Å². The van der Waals surface area contributed by atoms with E-state index >= 15 is 0 Å². The van der Waals surface area contributed by atoms with E-state index < -0.39 is 6.04 Å². The van der Waals surface area contributed by atoms with Crippen LogP contribution in [0.2, 0.25) is 0 Å². The maximum absolute atomic E-state index is 12.7. The summed E-state index contributed by atoms with van der Waals surface area (Å²) in [6.45, 7) is 2.29. The predicted octanol–water partition coefficient (Wildman–Crippen LogP) is 2.98. The lowest BCUT2D eigenvalue weighted by molar-refractivity contribution is -0.137. The van der Waals surface area contributed by atoms with Crippen LogP contribution in [0.15, 0.2) is 65.6 Å². The van der Waals surface area contributed by atoms with Crippen molar-refractivity contribution >= 4 is 23.6 Å². The molecule has 25 heavy (non-hydrogen) atoms. The molecular formula is C20H24N2O2S. The van der Waals surface area contributed by atoms with Crippen LogP contribution in [-0.4, -0.2) is 42.1 Å². The first-order valence-electron chi connectivity index (χ1n) is 8.34. The second-order valence-corrected chi connectivity index (χ2v) is 6.76. The molecule has 2 amide bonds. The van der Waals surface area contributed by atoms with Crippen molar-refractivity contribution in [1.82, 2.24) is 10.2 Å². The van der Waals surface area contributed by atoms with Crippen molar-refractivity contribution in [3.05, 3.63) is 66.2 Å². The molecule has 2 aromatic rings. The van der Waals surface area contributed by atoms with Gasteiger partial charge in [0.25, 0.3) is 0 Å². The van der Waals surface area contributed by atoms with Gasteiger partial charge >= 0.3 is 0 Å². The van der Waals surface area contributed by atoms with Crippen LogP contribution < -0.4 is 5.32 Å². The van der Waals surface area contributed by atoms with E-state index in [-0.39, 0.29) is 11.8 Å². The van der Waals surface area contributed by atoms with Gasteiger partial charge in [-0.2, -0.15) is 0 Å². The highest BCUT2D eigenvalue weighted by Crippen LogP contribution is 2.18. The Bertz CT molecular complexity index is 677. The zero-order valence-electron chi connectivity index (χ0n) is 14.6. The van der Waals surface area contributed by atoms with Crippen molar-refractivity contribution in [2.24, 2.45) is 0 Å². The number of hydrogen-bond donors (Lipinski definition) is 1. The number of amides is 2. The second kappa shape index (κ2) is 9.89. The molecule has 2 rings (SSSR count). The van der Waals surface area contributed by atoms with E-state index in [1.54, 1.807) is 18.9 Å². The molecular weight excluding hydrogens is 332 g/mol. The molecule has 0 unspecified atom stereocenters. The lowest BCUT2D eigenvalue weighted by Crippen LogP contribution is -2.48. The number of rotatable bonds is 8. The van der Waals surface area contributed by atoms with Crippen LogP contribution in [0.5, 0.6) is 0 Å². The fourth-order valence-electron chi connectivity index (χ4n) is 2.52. The topological polar surface area (TPSA) is 49.4 Å². The van der Waals surface area contributed by atoms with Crippen molar-refractivity contribution in [3.8, 4) is 0 Å². The maximum Gasteiger partial charge on any atom is 0.242 e. The normalized spacial score (nSPS) is 11.6. The zero-order valence-corrected chi connectivity index (χ0v) is 15.5. The highest BCUT2D eigenvalue weighted by Gasteiger charge is 2.24. The number of nitrogens with one attached hydrogen (secondary N) is 1. The third-order valence-corrected chi connectivity index (χ3v) is 5.00. The summed E-state index contributed by atoms with van der Waals surface area (Å²) in [6, 6.07) is 19.3. The van der Waals surface area contributed by atoms with Gasteiger partial charge in [0.15, 0.2) is 0 Å². The first-order chi connectivity index (χ1) is 12.1. The number of benzene rings is 2. The van der Waals surface area contributed by atoms with E-state index in [0.29, 0.717) is 12.3 Å². The summed E-state index contributed by atoms with van der Waals surface area (Å²) >= 11 is 1.49. The van der Waals surface area contributed by atoms with Crippen molar-refractivity contribution < 1.29 is 9.59 Å². The van der Waals surface area contributed by atoms with Gasteiger partial charge in [0.05, 0.1) is 5.75 Å². The van der Waals surface area contributed by atoms with Crippen LogP contribution in [0.1, 0.15) is 12.5 Å². The number of carbonyl (C=O) groups excluding carboxylic acids is 2. The summed E-state index contributed by atoms with van der Waals surface area (Å²) in [5, 5.41) is 2.63. The van der Waals surface area contributed by atoms with Crippen molar-refractivity contribution in [2.45, 2.75) is 24.3 Å². The molecule has 4 nitrogen and oxygen atoms in total. The van der Waals surface area contributed by atoms with Gasteiger partial charge in [-0.3, -0.25) is 9.59 Å². The Morgan fingerprint density at radius 2 is 1.64 bits per heavy atom. The van der Waals surface area contributed by atoms with Crippen LogP contribution in [0.25, 0.3) is 0 Å². The average molecular weight is 356 g/mol. The SMILES string of the molecule is CNC(=O)[C@@H](C)N(CCc1ccccc1)C(=O)CSc1ccccc1. The van der Waals surface area contributed by atoms with E-state index in [1.807, 2.05) is 60.7 Å². The molecule has 0 aromatic heterocycles. The van der Waals surface area contributed by atoms with Crippen molar-refractivity contribution in [3.63, 3.8) is 0 Å². The monoisotopic (exact) mass is 356 g/mol. The van der Waals surface area contributed by atoms with Gasteiger partial charge in [-0.25, -0.2) is 0 Å². The fourth-order valence-corrected chi connectivity index (χ4v) is 3.33. The number of thioether (sulfide) groups is 1. The third kappa shape index (κ3) is 5.94. The Kier molecular flexibility index (Phi) is 7.54. The number of hydrogen-bond acceptors (Lipinski definition) is 3. The second-order valence-electron chi connectivity index (χ2n) is 5.71. The highest BCUT2D eigenvalue weighted by molar-refractivity contribution is 8.00. The third-order valence-electron chi connectivity index (χ3n) is 4.00. The minimum absolute atomic E-state index is 0.0270. The van der Waals surface area contributed by atoms with Crippen molar-refractivity contribution in [2.75, 3.05) is 19.3 Å². The number of carbonyl (C=O) groups is 2. The number of nitrogens with zero attached hydrogens (tertiary/aromatic N) is 1. The molecule has 5 heteroatoms. The van der Waals surface area contributed by atoms with E-state index in [1.165, 1.54) is 11.8 Å². The Morgan fingerprint density at radius 1 is 1.04 bits per heavy atom. The van der Waals surface area contributed by atoms with Gasteiger partial charge < -0.3 is 10.2 Å². The molecule has 0 aliphatic heterocycles. The van der Waals surface area contributed by atoms with Gasteiger partial charge in [-0.15, -0.1) is 11.8 Å². The first-order valence-corrected chi connectivity index (χ1v) is 9.33. The van der Waals surface area contributed by atoms with Crippen LogP contribution in [-0.2, 0) is 16.0 Å². The summed E-state index contributed by atoms with van der Waals surface area (Å²) in [7, 11) is 1.59. The molecule has 0 fully saturated rings. The van der Waals surface area contributed by atoms with Gasteiger partial charge in [0.2, 0.25) is 11.8 Å². The summed E-state index contributed by atoms with van der Waals surface area (Å²) in [6.07, 6.45) is 0.726. The quantitative estimate of drug-likeness (QED) is 0.740. The summed E-state index contributed by atoms with van der Waals surface area (Å²) in [5.74, 6) is 0.146. The Hall–Kier alpha value is -2.27. The minimum Gasteiger partial charge on any atom is -0.357 e. The summed E-state index contributed by atoms with van der Waals surface area (Å²) in [4.78, 5) is 27.5. The molecule has 0 aliphatic rings. The van der Waals surface area contributed by atoms with E-state index in [4.69, 9.17) is 0 Å². The Morgan fingerprint density at radius 3 is 2.24 bits per heavy atom. The molecule has 0 saturated heterocycles. The number of likely N-dealkylation sites (N-methyl/N-ethyl adjacent to an activating group) is 1. The molecule has 0 aliphatic carbocycles. The Balaban J connectivity index is 2.01. The first kappa shape index (κ1) is 19.1. The standard InChI is InChI=1S/C20H24N2O2S/c1-16(20(24)21-2)22(14-13-17-9-5-3-6-10-17)19(23)15-25-18-11-7-4-8-12-18/h3-12,16H,13-15H2,1-2H3,(H,21,24)/t16-/m1/s1. The van der Waals surface area contributed by atoms with Crippen LogP contribution in [0.4, 0.5) is 0 Å². The van der Waals surface area contributed by atoms with Crippen LogP contribution >= 0.6 is 11.8 Å². The smallest absolute Gasteiger partial charge is 0.242 e. The van der Waals surface area contributed by atoms with Crippen LogP contribution in [0.3, 0.4) is 0 Å². The Labute approximate surface area is 153 Å². The molecule has 2 aromatic carbocycles. The summed E-state index contributed by atoms with van der Waals surface area (Å²) in [5.41, 5.74) is 1.15. The largest absolute Gasteiger partial charge is 0.357 e. The molecule has 132 valence electrons. The molecule has 0 saturated carbocycles. The van der Waals surface area contributed by atoms with E-state index in [9.17, 15) is 9.59 Å². The lowest BCUT2D eigenvalue weighted by atomic mass is 10.1. The molecule has 1 N–H and O–H groups in total. The van der Waals surface area contributed by atoms with Gasteiger partial charge in [0, 0.05) is 18.5 Å². The van der Waals surface area contributed by atoms with E-state index in [0.717, 1.165) is 16.9 Å². The minimum atomic E-state index is -0.488. The molecule has 0 radical (unpaired) electrons. The van der Waals surface area contributed by atoms with Gasteiger partial charge in [-0.05, 0) is 31.0 Å². The molecule has 0 heterocycles. The van der Waals surface area contributed by atoms with Gasteiger partial charge in [-0.1, -0.05) is 48.5 Å². The summed E-state index contributed by atoms with van der Waals surface area (Å²) < 4.78 is 0. The predicted molar refractivity (Wildman–Crippen MR) is 103 cm³/mol. The zero-order chi connectivity index (χ0) is 18.1. The molecule has 1 atom stereocenters. The lowest BCUT2D eigenvalue weighted by Gasteiger charge is -2.28. The van der Waals surface area contributed by atoms with Crippen molar-refractivity contribution in [1.29, 1.82) is 0 Å². The van der Waals surface area contributed by atoms with Gasteiger partial charge in [0.1, 0.15) is 6.04 Å². The maximum atomic E-state index is 12.7. The fraction of sp³-hybridized carbons (Fsp3) is 0.300.